The second-order valence-electron chi connectivity index (χ2n) is 2.96. The summed E-state index contributed by atoms with van der Waals surface area (Å²) in [4.78, 5) is 10.2. The monoisotopic (exact) mass is 227 g/mol. The Morgan fingerprint density at radius 1 is 1.67 bits per heavy atom. The number of rotatable bonds is 4. The van der Waals surface area contributed by atoms with Gasteiger partial charge < -0.3 is 4.74 Å². The minimum atomic E-state index is -0.447. The third kappa shape index (κ3) is 2.95. The highest BCUT2D eigenvalue weighted by molar-refractivity contribution is 6.29. The Kier molecular flexibility index (Phi) is 3.68. The van der Waals surface area contributed by atoms with Gasteiger partial charge in [-0.25, -0.2) is 0 Å². The SMILES string of the molecule is C=C(Cl)COc1cccc([N+](=O)[O-])c1C. The quantitative estimate of drug-likeness (QED) is 0.587. The lowest BCUT2D eigenvalue weighted by molar-refractivity contribution is -0.385. The van der Waals surface area contributed by atoms with Crippen molar-refractivity contribution in [3.05, 3.63) is 45.5 Å². The Morgan fingerprint density at radius 2 is 2.33 bits per heavy atom. The van der Waals surface area contributed by atoms with E-state index in [1.165, 1.54) is 6.07 Å². The van der Waals surface area contributed by atoms with Gasteiger partial charge in [0.15, 0.2) is 0 Å². The zero-order chi connectivity index (χ0) is 11.4. The van der Waals surface area contributed by atoms with Crippen LogP contribution in [0.1, 0.15) is 5.56 Å². The molecule has 0 bridgehead atoms. The van der Waals surface area contributed by atoms with Crippen LogP contribution >= 0.6 is 11.6 Å². The van der Waals surface area contributed by atoms with Crippen molar-refractivity contribution in [2.24, 2.45) is 0 Å². The number of hydrogen-bond donors (Lipinski definition) is 0. The molecule has 0 radical (unpaired) electrons. The fourth-order valence-electron chi connectivity index (χ4n) is 1.11. The van der Waals surface area contributed by atoms with Crippen molar-refractivity contribution in [3.8, 4) is 5.75 Å². The van der Waals surface area contributed by atoms with E-state index >= 15 is 0 Å². The van der Waals surface area contributed by atoms with E-state index in [4.69, 9.17) is 16.3 Å². The van der Waals surface area contributed by atoms with Gasteiger partial charge in [0.1, 0.15) is 12.4 Å². The summed E-state index contributed by atoms with van der Waals surface area (Å²) in [5.74, 6) is 0.450. The molecule has 0 N–H and O–H groups in total. The number of hydrogen-bond acceptors (Lipinski definition) is 3. The molecule has 5 heteroatoms. The van der Waals surface area contributed by atoms with Crippen LogP contribution in [0.25, 0.3) is 0 Å². The van der Waals surface area contributed by atoms with Gasteiger partial charge in [-0.1, -0.05) is 24.2 Å². The predicted octanol–water partition coefficient (Wildman–Crippen LogP) is 3.03. The lowest BCUT2D eigenvalue weighted by atomic mass is 10.2. The zero-order valence-electron chi connectivity index (χ0n) is 8.20. The van der Waals surface area contributed by atoms with Crippen LogP contribution in [0.4, 0.5) is 5.69 Å². The van der Waals surface area contributed by atoms with E-state index in [0.717, 1.165) is 0 Å². The van der Waals surface area contributed by atoms with Gasteiger partial charge in [0.2, 0.25) is 0 Å². The summed E-state index contributed by atoms with van der Waals surface area (Å²) in [5.41, 5.74) is 0.521. The summed E-state index contributed by atoms with van der Waals surface area (Å²) in [6.07, 6.45) is 0. The van der Waals surface area contributed by atoms with E-state index in [1.807, 2.05) is 0 Å². The van der Waals surface area contributed by atoms with Crippen molar-refractivity contribution >= 4 is 17.3 Å². The Labute approximate surface area is 92.3 Å². The third-order valence-electron chi connectivity index (χ3n) is 1.84. The van der Waals surface area contributed by atoms with Crippen LogP contribution in [0.15, 0.2) is 29.8 Å². The molecule has 1 rings (SSSR count). The lowest BCUT2D eigenvalue weighted by Gasteiger charge is -2.07. The number of halogens is 1. The summed E-state index contributed by atoms with van der Waals surface area (Å²) in [7, 11) is 0. The molecule has 0 heterocycles. The maximum Gasteiger partial charge on any atom is 0.276 e. The van der Waals surface area contributed by atoms with Crippen LogP contribution in [-0.2, 0) is 0 Å². The highest BCUT2D eigenvalue weighted by Gasteiger charge is 2.13. The third-order valence-corrected chi connectivity index (χ3v) is 1.95. The Bertz CT molecular complexity index is 404. The second-order valence-corrected chi connectivity index (χ2v) is 3.50. The minimum Gasteiger partial charge on any atom is -0.487 e. The molecule has 15 heavy (non-hydrogen) atoms. The standard InChI is InChI=1S/C10H10ClNO3/c1-7(11)6-15-10-5-3-4-9(8(10)2)12(13)14/h3-5H,1,6H2,2H3. The average Bonchev–Trinajstić information content (AvgIpc) is 2.15. The van der Waals surface area contributed by atoms with Crippen molar-refractivity contribution in [3.63, 3.8) is 0 Å². The molecule has 0 aliphatic heterocycles. The van der Waals surface area contributed by atoms with E-state index in [2.05, 4.69) is 6.58 Å². The molecule has 0 saturated carbocycles. The van der Waals surface area contributed by atoms with Gasteiger partial charge in [-0.2, -0.15) is 0 Å². The molecular weight excluding hydrogens is 218 g/mol. The van der Waals surface area contributed by atoms with Crippen molar-refractivity contribution in [2.45, 2.75) is 6.92 Å². The number of ether oxygens (including phenoxy) is 1. The Morgan fingerprint density at radius 3 is 2.87 bits per heavy atom. The summed E-state index contributed by atoms with van der Waals surface area (Å²) in [6.45, 7) is 5.24. The zero-order valence-corrected chi connectivity index (χ0v) is 8.95. The predicted molar refractivity (Wildman–Crippen MR) is 58.3 cm³/mol. The number of nitrogens with zero attached hydrogens (tertiary/aromatic N) is 1. The van der Waals surface area contributed by atoms with Crippen LogP contribution in [0.3, 0.4) is 0 Å². The molecule has 0 aliphatic carbocycles. The summed E-state index contributed by atoms with van der Waals surface area (Å²) >= 11 is 5.53. The van der Waals surface area contributed by atoms with Gasteiger partial charge in [0, 0.05) is 11.1 Å². The molecule has 80 valence electrons. The largest absolute Gasteiger partial charge is 0.487 e. The molecular formula is C10H10ClNO3. The van der Waals surface area contributed by atoms with E-state index in [9.17, 15) is 10.1 Å². The normalized spacial score (nSPS) is 9.73. The second kappa shape index (κ2) is 4.79. The Balaban J connectivity index is 2.94. The maximum absolute atomic E-state index is 10.6. The first-order chi connectivity index (χ1) is 7.02. The molecule has 0 aliphatic rings. The van der Waals surface area contributed by atoms with Crippen LogP contribution in [0.5, 0.6) is 5.75 Å². The van der Waals surface area contributed by atoms with Crippen LogP contribution in [-0.4, -0.2) is 11.5 Å². The first-order valence-electron chi connectivity index (χ1n) is 4.22. The molecule has 0 spiro atoms. The van der Waals surface area contributed by atoms with Crippen molar-refractivity contribution < 1.29 is 9.66 Å². The fraction of sp³-hybridized carbons (Fsp3) is 0.200. The van der Waals surface area contributed by atoms with Gasteiger partial charge >= 0.3 is 0 Å². The lowest BCUT2D eigenvalue weighted by Crippen LogP contribution is -2.00. The van der Waals surface area contributed by atoms with Crippen LogP contribution in [0.2, 0.25) is 0 Å². The van der Waals surface area contributed by atoms with Crippen LogP contribution < -0.4 is 4.74 Å². The minimum absolute atomic E-state index is 0.0349. The molecule has 0 fully saturated rings. The molecule has 0 unspecified atom stereocenters. The first-order valence-corrected chi connectivity index (χ1v) is 4.60. The van der Waals surface area contributed by atoms with Crippen LogP contribution in [0, 0.1) is 17.0 Å². The maximum atomic E-state index is 10.6. The van der Waals surface area contributed by atoms with Gasteiger partial charge in [-0.15, -0.1) is 0 Å². The van der Waals surface area contributed by atoms with E-state index < -0.39 is 4.92 Å². The van der Waals surface area contributed by atoms with Gasteiger partial charge in [-0.3, -0.25) is 10.1 Å². The summed E-state index contributed by atoms with van der Waals surface area (Å²) < 4.78 is 5.25. The van der Waals surface area contributed by atoms with E-state index in [1.54, 1.807) is 19.1 Å². The number of nitro benzene ring substituents is 1. The van der Waals surface area contributed by atoms with E-state index in [-0.39, 0.29) is 12.3 Å². The average molecular weight is 228 g/mol. The van der Waals surface area contributed by atoms with Crippen molar-refractivity contribution in [1.29, 1.82) is 0 Å². The molecule has 1 aromatic carbocycles. The molecule has 4 nitrogen and oxygen atoms in total. The van der Waals surface area contributed by atoms with Gasteiger partial charge in [0.25, 0.3) is 5.69 Å². The van der Waals surface area contributed by atoms with Crippen molar-refractivity contribution in [2.75, 3.05) is 6.61 Å². The Hall–Kier alpha value is -1.55. The van der Waals surface area contributed by atoms with E-state index in [0.29, 0.717) is 16.3 Å². The number of nitro groups is 1. The van der Waals surface area contributed by atoms with Gasteiger partial charge in [-0.05, 0) is 13.0 Å². The molecule has 0 amide bonds. The molecule has 1 aromatic rings. The van der Waals surface area contributed by atoms with Gasteiger partial charge in [0.05, 0.1) is 10.5 Å². The number of benzene rings is 1. The molecule has 0 aromatic heterocycles. The molecule has 0 atom stereocenters. The first kappa shape index (κ1) is 11.5. The van der Waals surface area contributed by atoms with Crippen molar-refractivity contribution in [1.82, 2.24) is 0 Å². The summed E-state index contributed by atoms with van der Waals surface area (Å²) in [5, 5.41) is 11.0. The highest BCUT2D eigenvalue weighted by atomic mass is 35.5. The topological polar surface area (TPSA) is 52.4 Å². The fourth-order valence-corrected chi connectivity index (χ4v) is 1.17. The highest BCUT2D eigenvalue weighted by Crippen LogP contribution is 2.27. The smallest absolute Gasteiger partial charge is 0.276 e. The summed E-state index contributed by atoms with van der Waals surface area (Å²) in [6, 6.07) is 4.65. The molecule has 0 saturated heterocycles.